The molecule has 4 rings (SSSR count). The van der Waals surface area contributed by atoms with Crippen LogP contribution in [0.25, 0.3) is 5.65 Å². The molecule has 4 aromatic rings. The number of carbonyl (C=O) groups excluding carboxylic acids is 1. The number of rotatable bonds is 6. The molecule has 0 saturated carbocycles. The van der Waals surface area contributed by atoms with Crippen LogP contribution in [-0.4, -0.2) is 15.3 Å². The van der Waals surface area contributed by atoms with Gasteiger partial charge in [0.1, 0.15) is 11.4 Å². The van der Waals surface area contributed by atoms with Crippen LogP contribution in [-0.2, 0) is 13.1 Å². The molecule has 0 aliphatic carbocycles. The highest BCUT2D eigenvalue weighted by atomic mass is 16.3. The Morgan fingerprint density at radius 2 is 1.89 bits per heavy atom. The van der Waals surface area contributed by atoms with E-state index < -0.39 is 0 Å². The Morgan fingerprint density at radius 1 is 1.04 bits per heavy atom. The van der Waals surface area contributed by atoms with Crippen LogP contribution in [0.1, 0.15) is 21.8 Å². The summed E-state index contributed by atoms with van der Waals surface area (Å²) in [6.07, 6.45) is 3.25. The Bertz CT molecular complexity index is 1170. The Labute approximate surface area is 160 Å². The molecule has 7 heteroatoms. The Balaban J connectivity index is 1.49. The number of hydrogen-bond donors (Lipinski definition) is 2. The molecule has 7 nitrogen and oxygen atoms in total. The third-order valence-electron chi connectivity index (χ3n) is 4.26. The number of anilines is 1. The van der Waals surface area contributed by atoms with Crippen molar-refractivity contribution in [2.75, 3.05) is 5.32 Å². The SMILES string of the molecule is O=C(NCc1ccco1)c1ccccc1NCc1cc(=O)n2ccccc2n1. The summed E-state index contributed by atoms with van der Waals surface area (Å²) in [6, 6.07) is 17.6. The molecule has 3 heterocycles. The summed E-state index contributed by atoms with van der Waals surface area (Å²) in [5.74, 6) is 0.464. The second kappa shape index (κ2) is 7.79. The maximum atomic E-state index is 12.5. The standard InChI is InChI=1S/C21H18N4O3/c26-20-12-15(24-19-9-3-4-10-25(19)20)13-22-18-8-2-1-7-17(18)21(27)23-14-16-6-5-11-28-16/h1-12,22H,13-14H2,(H,23,27). The van der Waals surface area contributed by atoms with Gasteiger partial charge >= 0.3 is 0 Å². The molecule has 0 aliphatic rings. The van der Waals surface area contributed by atoms with Gasteiger partial charge in [0, 0.05) is 18.0 Å². The van der Waals surface area contributed by atoms with E-state index in [2.05, 4.69) is 15.6 Å². The highest BCUT2D eigenvalue weighted by molar-refractivity contribution is 5.99. The molecular formula is C21H18N4O3. The highest BCUT2D eigenvalue weighted by Gasteiger charge is 2.11. The van der Waals surface area contributed by atoms with Crippen LogP contribution in [0.2, 0.25) is 0 Å². The van der Waals surface area contributed by atoms with E-state index in [1.807, 2.05) is 18.2 Å². The third-order valence-corrected chi connectivity index (χ3v) is 4.26. The maximum absolute atomic E-state index is 12.5. The number of pyridine rings is 1. The number of amides is 1. The van der Waals surface area contributed by atoms with E-state index >= 15 is 0 Å². The van der Waals surface area contributed by atoms with Crippen molar-refractivity contribution in [1.29, 1.82) is 0 Å². The van der Waals surface area contributed by atoms with Gasteiger partial charge < -0.3 is 15.1 Å². The molecule has 0 aliphatic heterocycles. The van der Waals surface area contributed by atoms with E-state index in [9.17, 15) is 9.59 Å². The lowest BCUT2D eigenvalue weighted by atomic mass is 10.1. The first-order valence-electron chi connectivity index (χ1n) is 8.81. The molecule has 0 bridgehead atoms. The molecule has 1 aromatic carbocycles. The average molecular weight is 374 g/mol. The quantitative estimate of drug-likeness (QED) is 0.542. The summed E-state index contributed by atoms with van der Waals surface area (Å²) < 4.78 is 6.72. The average Bonchev–Trinajstić information content (AvgIpc) is 3.24. The second-order valence-corrected chi connectivity index (χ2v) is 6.18. The summed E-state index contributed by atoms with van der Waals surface area (Å²) >= 11 is 0. The third kappa shape index (κ3) is 3.78. The van der Waals surface area contributed by atoms with E-state index in [1.165, 1.54) is 10.5 Å². The first-order chi connectivity index (χ1) is 13.7. The highest BCUT2D eigenvalue weighted by Crippen LogP contribution is 2.16. The lowest BCUT2D eigenvalue weighted by Crippen LogP contribution is -2.24. The number of para-hydroxylation sites is 1. The van der Waals surface area contributed by atoms with Gasteiger partial charge in [-0.25, -0.2) is 4.98 Å². The zero-order chi connectivity index (χ0) is 19.3. The summed E-state index contributed by atoms with van der Waals surface area (Å²) in [5, 5.41) is 6.03. The van der Waals surface area contributed by atoms with Crippen molar-refractivity contribution in [3.8, 4) is 0 Å². The molecule has 1 amide bonds. The fourth-order valence-electron chi connectivity index (χ4n) is 2.89. The zero-order valence-electron chi connectivity index (χ0n) is 15.0. The van der Waals surface area contributed by atoms with Crippen molar-refractivity contribution in [3.63, 3.8) is 0 Å². The normalized spacial score (nSPS) is 10.7. The van der Waals surface area contributed by atoms with Gasteiger partial charge in [0.25, 0.3) is 11.5 Å². The van der Waals surface area contributed by atoms with Gasteiger partial charge in [-0.05, 0) is 36.4 Å². The van der Waals surface area contributed by atoms with Crippen LogP contribution >= 0.6 is 0 Å². The predicted octanol–water partition coefficient (Wildman–Crippen LogP) is 2.83. The van der Waals surface area contributed by atoms with Gasteiger partial charge in [0.15, 0.2) is 0 Å². The van der Waals surface area contributed by atoms with Crippen LogP contribution in [0, 0.1) is 0 Å². The number of hydrogen-bond acceptors (Lipinski definition) is 5. The largest absolute Gasteiger partial charge is 0.467 e. The molecular weight excluding hydrogens is 356 g/mol. The van der Waals surface area contributed by atoms with Crippen molar-refractivity contribution in [2.24, 2.45) is 0 Å². The molecule has 0 fully saturated rings. The summed E-state index contributed by atoms with van der Waals surface area (Å²) in [7, 11) is 0. The zero-order valence-corrected chi connectivity index (χ0v) is 15.0. The smallest absolute Gasteiger partial charge is 0.258 e. The Kier molecular flexibility index (Phi) is 4.88. The lowest BCUT2D eigenvalue weighted by molar-refractivity contribution is 0.0949. The van der Waals surface area contributed by atoms with Gasteiger partial charge in [-0.15, -0.1) is 0 Å². The first-order valence-corrected chi connectivity index (χ1v) is 8.81. The Hall–Kier alpha value is -3.87. The minimum absolute atomic E-state index is 0.146. The van der Waals surface area contributed by atoms with Gasteiger partial charge in [-0.3, -0.25) is 14.0 Å². The van der Waals surface area contributed by atoms with Crippen LogP contribution in [0.15, 0.2) is 82.3 Å². The predicted molar refractivity (Wildman–Crippen MR) is 105 cm³/mol. The van der Waals surface area contributed by atoms with Crippen LogP contribution in [0.3, 0.4) is 0 Å². The molecule has 0 saturated heterocycles. The number of aromatic nitrogens is 2. The molecule has 3 aromatic heterocycles. The number of nitrogens with one attached hydrogen (secondary N) is 2. The second-order valence-electron chi connectivity index (χ2n) is 6.18. The van der Waals surface area contributed by atoms with Crippen LogP contribution in [0.5, 0.6) is 0 Å². The van der Waals surface area contributed by atoms with Crippen molar-refractivity contribution >= 4 is 17.2 Å². The number of furan rings is 1. The lowest BCUT2D eigenvalue weighted by Gasteiger charge is -2.12. The van der Waals surface area contributed by atoms with Crippen LogP contribution < -0.4 is 16.2 Å². The van der Waals surface area contributed by atoms with Crippen molar-refractivity contribution in [1.82, 2.24) is 14.7 Å². The van der Waals surface area contributed by atoms with E-state index in [4.69, 9.17) is 4.42 Å². The van der Waals surface area contributed by atoms with Gasteiger partial charge in [0.2, 0.25) is 0 Å². The summed E-state index contributed by atoms with van der Waals surface area (Å²) in [6.45, 7) is 0.631. The van der Waals surface area contributed by atoms with Crippen molar-refractivity contribution < 1.29 is 9.21 Å². The monoisotopic (exact) mass is 374 g/mol. The Morgan fingerprint density at radius 3 is 2.75 bits per heavy atom. The van der Waals surface area contributed by atoms with E-state index in [0.717, 1.165) is 0 Å². The van der Waals surface area contributed by atoms with Gasteiger partial charge in [-0.2, -0.15) is 0 Å². The van der Waals surface area contributed by atoms with E-state index in [-0.39, 0.29) is 11.5 Å². The fourth-order valence-corrected chi connectivity index (χ4v) is 2.89. The molecule has 0 radical (unpaired) electrons. The fraction of sp³-hybridized carbons (Fsp3) is 0.0952. The molecule has 0 unspecified atom stereocenters. The molecule has 0 spiro atoms. The summed E-state index contributed by atoms with van der Waals surface area (Å²) in [4.78, 5) is 29.2. The number of carbonyl (C=O) groups is 1. The van der Waals surface area contributed by atoms with E-state index in [0.29, 0.717) is 41.4 Å². The topological polar surface area (TPSA) is 88.6 Å². The van der Waals surface area contributed by atoms with Crippen molar-refractivity contribution in [3.05, 3.63) is 100 Å². The van der Waals surface area contributed by atoms with Gasteiger partial charge in [0.05, 0.1) is 30.6 Å². The number of benzene rings is 1. The molecule has 2 N–H and O–H groups in total. The van der Waals surface area contributed by atoms with Gasteiger partial charge in [-0.1, -0.05) is 18.2 Å². The number of fused-ring (bicyclic) bond motifs is 1. The molecule has 0 atom stereocenters. The summed E-state index contributed by atoms with van der Waals surface area (Å²) in [5.41, 5.74) is 2.20. The minimum Gasteiger partial charge on any atom is -0.467 e. The van der Waals surface area contributed by atoms with Crippen LogP contribution in [0.4, 0.5) is 5.69 Å². The first kappa shape index (κ1) is 17.5. The molecule has 28 heavy (non-hydrogen) atoms. The van der Waals surface area contributed by atoms with E-state index in [1.54, 1.807) is 48.9 Å². The molecule has 140 valence electrons. The van der Waals surface area contributed by atoms with Crippen molar-refractivity contribution in [2.45, 2.75) is 13.1 Å². The number of nitrogens with zero attached hydrogens (tertiary/aromatic N) is 2. The minimum atomic E-state index is -0.217. The maximum Gasteiger partial charge on any atom is 0.258 e.